The number of hydrogen-bond acceptors (Lipinski definition) is 0. The largest absolute Gasteiger partial charge is 0.315 e. The molecular weight excluding hydrogens is 508 g/mol. The maximum atomic E-state index is 2.42. The normalized spacial score (nSPS) is 11.8. The monoisotopic (exact) mass is 534 g/mol. The Morgan fingerprint density at radius 3 is 1.76 bits per heavy atom. The Balaban J connectivity index is 1.29. The predicted octanol–water partition coefficient (Wildman–Crippen LogP) is 10.7. The Labute approximate surface area is 243 Å². The zero-order chi connectivity index (χ0) is 27.6. The molecule has 42 heavy (non-hydrogen) atoms. The van der Waals surface area contributed by atoms with Crippen molar-refractivity contribution >= 4 is 54.3 Å². The minimum Gasteiger partial charge on any atom is -0.315 e. The lowest BCUT2D eigenvalue weighted by Crippen LogP contribution is -1.98. The van der Waals surface area contributed by atoms with E-state index >= 15 is 0 Å². The Morgan fingerprint density at radius 1 is 0.381 bits per heavy atom. The van der Waals surface area contributed by atoms with E-state index in [1.54, 1.807) is 0 Å². The van der Waals surface area contributed by atoms with E-state index in [0.717, 1.165) is 5.69 Å². The summed E-state index contributed by atoms with van der Waals surface area (Å²) in [6, 6.07) is 55.0. The molecule has 9 rings (SSSR count). The molecule has 0 spiro atoms. The van der Waals surface area contributed by atoms with Crippen LogP contribution in [0.3, 0.4) is 0 Å². The molecule has 2 nitrogen and oxygen atoms in total. The van der Waals surface area contributed by atoms with E-state index < -0.39 is 0 Å². The van der Waals surface area contributed by atoms with E-state index in [1.807, 2.05) is 0 Å². The van der Waals surface area contributed by atoms with Crippen LogP contribution in [0.15, 0.2) is 158 Å². The molecule has 0 radical (unpaired) electrons. The topological polar surface area (TPSA) is 9.86 Å². The zero-order valence-electron chi connectivity index (χ0n) is 22.9. The summed E-state index contributed by atoms with van der Waals surface area (Å²) in [6.07, 6.45) is 2.21. The van der Waals surface area contributed by atoms with Gasteiger partial charge in [0.05, 0.1) is 16.6 Å². The van der Waals surface area contributed by atoms with Crippen LogP contribution in [-0.2, 0) is 0 Å². The summed E-state index contributed by atoms with van der Waals surface area (Å²) in [6.45, 7) is 0. The molecule has 0 aliphatic carbocycles. The lowest BCUT2D eigenvalue weighted by molar-refractivity contribution is 1.12. The minimum atomic E-state index is 1.15. The highest BCUT2D eigenvalue weighted by Gasteiger charge is 2.18. The highest BCUT2D eigenvalue weighted by atomic mass is 15.0. The summed E-state index contributed by atoms with van der Waals surface area (Å²) >= 11 is 0. The molecule has 7 aromatic carbocycles. The van der Waals surface area contributed by atoms with Crippen molar-refractivity contribution in [3.05, 3.63) is 158 Å². The molecule has 0 N–H and O–H groups in total. The molecule has 0 amide bonds. The molecule has 0 fully saturated rings. The minimum absolute atomic E-state index is 1.15. The molecule has 2 heteroatoms. The molecule has 9 aromatic rings. The van der Waals surface area contributed by atoms with Gasteiger partial charge in [-0.1, -0.05) is 109 Å². The van der Waals surface area contributed by atoms with Crippen molar-refractivity contribution in [1.29, 1.82) is 0 Å². The smallest absolute Gasteiger partial charge is 0.0788 e. The van der Waals surface area contributed by atoms with Crippen LogP contribution in [0.1, 0.15) is 0 Å². The van der Waals surface area contributed by atoms with Crippen LogP contribution >= 0.6 is 0 Å². The van der Waals surface area contributed by atoms with Crippen molar-refractivity contribution in [2.75, 3.05) is 0 Å². The molecule has 0 saturated carbocycles. The number of fused-ring (bicyclic) bond motifs is 7. The van der Waals surface area contributed by atoms with Gasteiger partial charge < -0.3 is 9.13 Å². The molecule has 2 heterocycles. The van der Waals surface area contributed by atoms with Crippen molar-refractivity contribution in [2.45, 2.75) is 0 Å². The van der Waals surface area contributed by atoms with Crippen LogP contribution in [-0.4, -0.2) is 9.13 Å². The van der Waals surface area contributed by atoms with E-state index in [1.165, 1.54) is 71.1 Å². The van der Waals surface area contributed by atoms with Crippen LogP contribution in [0.4, 0.5) is 0 Å². The maximum Gasteiger partial charge on any atom is 0.0788 e. The Kier molecular flexibility index (Phi) is 4.93. The van der Waals surface area contributed by atoms with Gasteiger partial charge in [-0.25, -0.2) is 0 Å². The third-order valence-electron chi connectivity index (χ3n) is 8.71. The fourth-order valence-electron chi connectivity index (χ4n) is 6.85. The number of aromatic nitrogens is 2. The standard InChI is InChI=1S/C40H26N2/c1-2-12-32(13-3-1)42-37-17-9-8-16-35(37)36-23-20-28-24-25-41(39(28)40(36)42)31-21-18-27(19-22-31)38-33-14-6-4-10-29(33)26-30-11-5-7-15-34(30)38/h1-26H. The molecule has 0 unspecified atom stereocenters. The fraction of sp³-hybridized carbons (Fsp3) is 0. The second kappa shape index (κ2) is 8.95. The summed E-state index contributed by atoms with van der Waals surface area (Å²) in [5, 5.41) is 8.86. The summed E-state index contributed by atoms with van der Waals surface area (Å²) in [5.74, 6) is 0. The van der Waals surface area contributed by atoms with E-state index in [9.17, 15) is 0 Å². The van der Waals surface area contributed by atoms with Gasteiger partial charge in [-0.05, 0) is 75.1 Å². The molecule has 2 aromatic heterocycles. The van der Waals surface area contributed by atoms with Gasteiger partial charge in [-0.15, -0.1) is 0 Å². The second-order valence-corrected chi connectivity index (χ2v) is 11.0. The number of rotatable bonds is 3. The van der Waals surface area contributed by atoms with Gasteiger partial charge >= 0.3 is 0 Å². The first-order valence-corrected chi connectivity index (χ1v) is 14.5. The van der Waals surface area contributed by atoms with Crippen molar-refractivity contribution < 1.29 is 0 Å². The lowest BCUT2D eigenvalue weighted by atomic mass is 9.92. The van der Waals surface area contributed by atoms with Crippen LogP contribution in [0.2, 0.25) is 0 Å². The van der Waals surface area contributed by atoms with Crippen molar-refractivity contribution in [1.82, 2.24) is 9.13 Å². The van der Waals surface area contributed by atoms with Crippen molar-refractivity contribution in [3.8, 4) is 22.5 Å². The van der Waals surface area contributed by atoms with E-state index in [-0.39, 0.29) is 0 Å². The predicted molar refractivity (Wildman–Crippen MR) is 178 cm³/mol. The van der Waals surface area contributed by atoms with Crippen LogP contribution < -0.4 is 0 Å². The van der Waals surface area contributed by atoms with Gasteiger partial charge in [0.2, 0.25) is 0 Å². The van der Waals surface area contributed by atoms with Crippen LogP contribution in [0, 0.1) is 0 Å². The summed E-state index contributed by atoms with van der Waals surface area (Å²) in [4.78, 5) is 0. The van der Waals surface area contributed by atoms with Gasteiger partial charge in [-0.2, -0.15) is 0 Å². The Morgan fingerprint density at radius 2 is 1.02 bits per heavy atom. The van der Waals surface area contributed by atoms with E-state index in [2.05, 4.69) is 167 Å². The summed E-state index contributed by atoms with van der Waals surface area (Å²) in [5.41, 5.74) is 8.51. The average Bonchev–Trinajstić information content (AvgIpc) is 3.64. The molecule has 0 atom stereocenters. The van der Waals surface area contributed by atoms with Gasteiger partial charge in [0.15, 0.2) is 0 Å². The van der Waals surface area contributed by atoms with Crippen LogP contribution in [0.5, 0.6) is 0 Å². The molecule has 0 bridgehead atoms. The highest BCUT2D eigenvalue weighted by molar-refractivity contribution is 6.18. The van der Waals surface area contributed by atoms with Gasteiger partial charge in [0, 0.05) is 33.7 Å². The van der Waals surface area contributed by atoms with Crippen molar-refractivity contribution in [2.24, 2.45) is 0 Å². The third-order valence-corrected chi connectivity index (χ3v) is 8.71. The van der Waals surface area contributed by atoms with Gasteiger partial charge in [0.25, 0.3) is 0 Å². The zero-order valence-corrected chi connectivity index (χ0v) is 22.9. The van der Waals surface area contributed by atoms with Crippen LogP contribution in [0.25, 0.3) is 76.8 Å². The van der Waals surface area contributed by atoms with Gasteiger partial charge in [-0.3, -0.25) is 0 Å². The summed E-state index contributed by atoms with van der Waals surface area (Å²) in [7, 11) is 0. The SMILES string of the molecule is c1ccc(-n2c3ccccc3c3ccc4ccn(-c5ccc(-c6c7ccccc7cc7ccccc67)cc5)c4c32)cc1. The van der Waals surface area contributed by atoms with Gasteiger partial charge in [0.1, 0.15) is 0 Å². The number of para-hydroxylation sites is 2. The van der Waals surface area contributed by atoms with E-state index in [4.69, 9.17) is 0 Å². The van der Waals surface area contributed by atoms with Crippen molar-refractivity contribution in [3.63, 3.8) is 0 Å². The Bertz CT molecular complexity index is 2390. The molecule has 0 saturated heterocycles. The second-order valence-electron chi connectivity index (χ2n) is 11.0. The number of benzene rings is 7. The first-order valence-electron chi connectivity index (χ1n) is 14.5. The molecular formula is C40H26N2. The highest BCUT2D eigenvalue weighted by Crippen LogP contribution is 2.39. The quantitative estimate of drug-likeness (QED) is 0.200. The maximum absolute atomic E-state index is 2.42. The fourth-order valence-corrected chi connectivity index (χ4v) is 6.85. The third kappa shape index (κ3) is 3.33. The molecule has 0 aliphatic rings. The molecule has 0 aliphatic heterocycles. The first kappa shape index (κ1) is 23.1. The summed E-state index contributed by atoms with van der Waals surface area (Å²) < 4.78 is 4.76. The Hall–Kier alpha value is -5.60. The average molecular weight is 535 g/mol. The lowest BCUT2D eigenvalue weighted by Gasteiger charge is -2.14. The molecule has 196 valence electrons. The first-order chi connectivity index (χ1) is 20.8. The number of hydrogen-bond donors (Lipinski definition) is 0. The van der Waals surface area contributed by atoms with E-state index in [0.29, 0.717) is 0 Å². The number of nitrogens with zero attached hydrogens (tertiary/aromatic N) is 2.